The van der Waals surface area contributed by atoms with Crippen molar-refractivity contribution >= 4 is 34.7 Å². The molecule has 0 unspecified atom stereocenters. The van der Waals surface area contributed by atoms with E-state index < -0.39 is 0 Å². The number of anilines is 1. The summed E-state index contributed by atoms with van der Waals surface area (Å²) in [5.74, 6) is 1.26. The first-order valence-electron chi connectivity index (χ1n) is 12.4. The Hall–Kier alpha value is -3.49. The van der Waals surface area contributed by atoms with Crippen LogP contribution in [0.1, 0.15) is 34.4 Å². The number of aromatic nitrogens is 1. The van der Waals surface area contributed by atoms with Gasteiger partial charge in [0.05, 0.1) is 25.8 Å². The van der Waals surface area contributed by atoms with Crippen LogP contribution in [0, 0.1) is 13.8 Å². The van der Waals surface area contributed by atoms with Crippen LogP contribution < -0.4 is 5.32 Å². The van der Waals surface area contributed by atoms with Crippen LogP contribution in [0.15, 0.2) is 41.0 Å². The van der Waals surface area contributed by atoms with E-state index in [0.29, 0.717) is 25.6 Å². The second kappa shape index (κ2) is 10.2. The molecule has 1 saturated heterocycles. The highest BCUT2D eigenvalue weighted by molar-refractivity contribution is 5.96. The van der Waals surface area contributed by atoms with Gasteiger partial charge in [-0.15, -0.1) is 0 Å². The molecular weight excluding hydrogens is 456 g/mol. The maximum atomic E-state index is 12.8. The number of hydrogen-bond donors (Lipinski definition) is 1. The van der Waals surface area contributed by atoms with E-state index in [0.717, 1.165) is 64.9 Å². The Morgan fingerprint density at radius 2 is 2.08 bits per heavy atom. The molecule has 5 rings (SSSR count). The van der Waals surface area contributed by atoms with E-state index in [2.05, 4.69) is 15.2 Å². The summed E-state index contributed by atoms with van der Waals surface area (Å²) in [5.41, 5.74) is 4.82. The molecule has 2 aromatic heterocycles. The molecule has 8 nitrogen and oxygen atoms in total. The maximum Gasteiger partial charge on any atom is 0.246 e. The van der Waals surface area contributed by atoms with Crippen LogP contribution in [-0.2, 0) is 27.3 Å². The van der Waals surface area contributed by atoms with Crippen LogP contribution in [-0.4, -0.2) is 66.0 Å². The number of amides is 2. The topological polar surface area (TPSA) is 87.9 Å². The number of ether oxygens (including phenoxy) is 1. The Bertz CT molecular complexity index is 1320. The Kier molecular flexibility index (Phi) is 6.89. The van der Waals surface area contributed by atoms with Crippen molar-refractivity contribution in [2.75, 3.05) is 38.7 Å². The molecule has 1 N–H and O–H groups in total. The molecule has 2 amide bonds. The van der Waals surface area contributed by atoms with Crippen molar-refractivity contribution in [3.8, 4) is 0 Å². The highest BCUT2D eigenvalue weighted by Gasteiger charge is 2.30. The van der Waals surface area contributed by atoms with Gasteiger partial charge >= 0.3 is 0 Å². The molecule has 8 heteroatoms. The third-order valence-electron chi connectivity index (χ3n) is 7.14. The highest BCUT2D eigenvalue weighted by Crippen LogP contribution is 2.28. The van der Waals surface area contributed by atoms with E-state index >= 15 is 0 Å². The molecule has 36 heavy (non-hydrogen) atoms. The number of carbonyl (C=O) groups is 2. The lowest BCUT2D eigenvalue weighted by atomic mass is 10.0. The molecule has 1 atom stereocenters. The molecule has 0 radical (unpaired) electrons. The lowest BCUT2D eigenvalue weighted by Crippen LogP contribution is -2.48. The van der Waals surface area contributed by atoms with Gasteiger partial charge in [-0.2, -0.15) is 0 Å². The molecule has 1 aromatic carbocycles. The zero-order valence-corrected chi connectivity index (χ0v) is 21.0. The van der Waals surface area contributed by atoms with Crippen LogP contribution >= 0.6 is 0 Å². The van der Waals surface area contributed by atoms with Gasteiger partial charge in [0.15, 0.2) is 0 Å². The zero-order chi connectivity index (χ0) is 25.2. The summed E-state index contributed by atoms with van der Waals surface area (Å²) < 4.78 is 11.5. The van der Waals surface area contributed by atoms with Crippen molar-refractivity contribution in [2.45, 2.75) is 39.3 Å². The molecule has 2 aliphatic rings. The molecular formula is C28H32N4O4. The van der Waals surface area contributed by atoms with Crippen molar-refractivity contribution in [3.05, 3.63) is 64.6 Å². The summed E-state index contributed by atoms with van der Waals surface area (Å²) in [4.78, 5) is 33.9. The van der Waals surface area contributed by atoms with E-state index in [9.17, 15) is 9.59 Å². The number of benzene rings is 1. The molecule has 0 aliphatic carbocycles. The number of para-hydroxylation sites is 1. The lowest BCUT2D eigenvalue weighted by Gasteiger charge is -2.32. The number of morpholine rings is 1. The van der Waals surface area contributed by atoms with Crippen LogP contribution in [0.3, 0.4) is 0 Å². The number of likely N-dealkylation sites (N-methyl/N-ethyl adjacent to an activating group) is 1. The van der Waals surface area contributed by atoms with Gasteiger partial charge in [0.2, 0.25) is 11.8 Å². The smallest absolute Gasteiger partial charge is 0.246 e. The fourth-order valence-corrected chi connectivity index (χ4v) is 4.96. The second-order valence-electron chi connectivity index (χ2n) is 9.60. The Labute approximate surface area is 210 Å². The fourth-order valence-electron chi connectivity index (χ4n) is 4.96. The SMILES string of the molecule is Cc1c(CN(C)C(=O)/C=C/c2cnc3c(c2)CC[C@H](N2CCOCC2)C(=O)N3)oc2c(C)cccc12. The molecule has 0 saturated carbocycles. The first-order chi connectivity index (χ1) is 17.4. The summed E-state index contributed by atoms with van der Waals surface area (Å²) in [6, 6.07) is 7.91. The Morgan fingerprint density at radius 3 is 2.86 bits per heavy atom. The van der Waals surface area contributed by atoms with Crippen molar-refractivity contribution in [1.29, 1.82) is 0 Å². The third-order valence-corrected chi connectivity index (χ3v) is 7.14. The summed E-state index contributed by atoms with van der Waals surface area (Å²) in [7, 11) is 1.77. The molecule has 3 aromatic rings. The van der Waals surface area contributed by atoms with E-state index in [1.807, 2.05) is 38.1 Å². The largest absolute Gasteiger partial charge is 0.459 e. The average Bonchev–Trinajstić information content (AvgIpc) is 3.10. The van der Waals surface area contributed by atoms with Crippen LogP contribution in [0.2, 0.25) is 0 Å². The highest BCUT2D eigenvalue weighted by atomic mass is 16.5. The van der Waals surface area contributed by atoms with Gasteiger partial charge in [0.25, 0.3) is 0 Å². The average molecular weight is 489 g/mol. The first-order valence-corrected chi connectivity index (χ1v) is 12.4. The number of furan rings is 1. The Morgan fingerprint density at radius 1 is 1.28 bits per heavy atom. The van der Waals surface area contributed by atoms with Crippen LogP contribution in [0.4, 0.5) is 5.82 Å². The minimum absolute atomic E-state index is 0.0145. The number of nitrogens with one attached hydrogen (secondary N) is 1. The normalized spacial score (nSPS) is 18.8. The van der Waals surface area contributed by atoms with Gasteiger partial charge in [0.1, 0.15) is 17.2 Å². The van der Waals surface area contributed by atoms with Crippen molar-refractivity contribution in [1.82, 2.24) is 14.8 Å². The number of rotatable bonds is 5. The standard InChI is InChI=1S/C28H32N4O4/c1-18-5-4-6-22-19(2)24(36-26(18)22)17-31(3)25(33)10-7-20-15-21-8-9-23(32-11-13-35-14-12-32)28(34)30-27(21)29-16-20/h4-7,10,15-16,23H,8-9,11-14,17H2,1-3H3,(H,29,30,34)/b10-7+/t23-/m0/s1. The van der Waals surface area contributed by atoms with Gasteiger partial charge in [-0.3, -0.25) is 14.5 Å². The first kappa shape index (κ1) is 24.2. The van der Waals surface area contributed by atoms with E-state index in [1.54, 1.807) is 30.3 Å². The Balaban J connectivity index is 1.25. The van der Waals surface area contributed by atoms with Crippen LogP contribution in [0.25, 0.3) is 17.0 Å². The molecule has 188 valence electrons. The molecule has 0 spiro atoms. The summed E-state index contributed by atoms with van der Waals surface area (Å²) in [6.45, 7) is 7.27. The van der Waals surface area contributed by atoms with Crippen molar-refractivity contribution in [3.63, 3.8) is 0 Å². The summed E-state index contributed by atoms with van der Waals surface area (Å²) >= 11 is 0. The lowest BCUT2D eigenvalue weighted by molar-refractivity contribution is -0.125. The number of aryl methyl sites for hydroxylation is 3. The van der Waals surface area contributed by atoms with Crippen molar-refractivity contribution < 1.29 is 18.7 Å². The van der Waals surface area contributed by atoms with Gasteiger partial charge in [-0.25, -0.2) is 4.98 Å². The van der Waals surface area contributed by atoms with E-state index in [4.69, 9.17) is 9.15 Å². The quantitative estimate of drug-likeness (QED) is 0.551. The molecule has 1 fully saturated rings. The fraction of sp³-hybridized carbons (Fsp3) is 0.393. The minimum atomic E-state index is -0.178. The van der Waals surface area contributed by atoms with Gasteiger partial charge in [-0.05, 0) is 55.5 Å². The van der Waals surface area contributed by atoms with Gasteiger partial charge in [0, 0.05) is 43.4 Å². The zero-order valence-electron chi connectivity index (χ0n) is 21.0. The third kappa shape index (κ3) is 4.92. The number of pyridine rings is 1. The summed E-state index contributed by atoms with van der Waals surface area (Å²) in [6.07, 6.45) is 6.48. The number of hydrogen-bond acceptors (Lipinski definition) is 6. The van der Waals surface area contributed by atoms with Crippen molar-refractivity contribution in [2.24, 2.45) is 0 Å². The summed E-state index contributed by atoms with van der Waals surface area (Å²) in [5, 5.41) is 4.07. The predicted molar refractivity (Wildman–Crippen MR) is 139 cm³/mol. The number of nitrogens with zero attached hydrogens (tertiary/aromatic N) is 3. The predicted octanol–water partition coefficient (Wildman–Crippen LogP) is 3.70. The van der Waals surface area contributed by atoms with Crippen LogP contribution in [0.5, 0.6) is 0 Å². The second-order valence-corrected chi connectivity index (χ2v) is 9.60. The van der Waals surface area contributed by atoms with Gasteiger partial charge in [-0.1, -0.05) is 18.2 Å². The number of fused-ring (bicyclic) bond motifs is 2. The monoisotopic (exact) mass is 488 g/mol. The van der Waals surface area contributed by atoms with E-state index in [1.165, 1.54) is 0 Å². The molecule has 0 bridgehead atoms. The molecule has 4 heterocycles. The van der Waals surface area contributed by atoms with E-state index in [-0.39, 0.29) is 17.9 Å². The van der Waals surface area contributed by atoms with Gasteiger partial charge < -0.3 is 19.4 Å². The number of carbonyl (C=O) groups excluding carboxylic acids is 2. The minimum Gasteiger partial charge on any atom is -0.459 e. The maximum absolute atomic E-state index is 12.8. The molecule has 2 aliphatic heterocycles.